The van der Waals surface area contributed by atoms with Crippen LogP contribution in [0.25, 0.3) is 0 Å². The predicted molar refractivity (Wildman–Crippen MR) is 84.0 cm³/mol. The highest BCUT2D eigenvalue weighted by atomic mass is 16.1. The van der Waals surface area contributed by atoms with Crippen LogP contribution in [0.5, 0.6) is 0 Å². The molecule has 0 spiro atoms. The molecular weight excluding hydrogens is 250 g/mol. The van der Waals surface area contributed by atoms with Crippen molar-refractivity contribution < 1.29 is 4.79 Å². The highest BCUT2D eigenvalue weighted by Gasteiger charge is 2.14. The fourth-order valence-corrected chi connectivity index (χ4v) is 2.55. The van der Waals surface area contributed by atoms with Crippen LogP contribution in [0.4, 0.5) is 11.4 Å². The van der Waals surface area contributed by atoms with Crippen LogP contribution < -0.4 is 16.0 Å². The molecule has 1 heterocycles. The Bertz CT molecular complexity index is 424. The predicted octanol–water partition coefficient (Wildman–Crippen LogP) is 2.60. The molecule has 1 amide bonds. The second kappa shape index (κ2) is 7.29. The zero-order valence-corrected chi connectivity index (χ0v) is 12.3. The Balaban J connectivity index is 1.88. The minimum atomic E-state index is 0.0109. The molecule has 1 atom stereocenters. The Morgan fingerprint density at radius 3 is 2.55 bits per heavy atom. The van der Waals surface area contributed by atoms with Crippen LogP contribution in [0, 0.1) is 5.92 Å². The normalized spacial score (nSPS) is 16.2. The number of benzene rings is 1. The highest BCUT2D eigenvalue weighted by molar-refractivity contribution is 5.92. The van der Waals surface area contributed by atoms with Gasteiger partial charge in [-0.25, -0.2) is 0 Å². The molecule has 1 aromatic rings. The topological polar surface area (TPSA) is 58.4 Å². The number of hydrogen-bond acceptors (Lipinski definition) is 3. The minimum Gasteiger partial charge on any atom is -0.372 e. The van der Waals surface area contributed by atoms with Crippen LogP contribution in [0.1, 0.15) is 32.6 Å². The lowest BCUT2D eigenvalue weighted by Gasteiger charge is -2.18. The molecule has 1 aromatic carbocycles. The van der Waals surface area contributed by atoms with E-state index in [0.29, 0.717) is 6.54 Å². The van der Waals surface area contributed by atoms with Gasteiger partial charge in [0.15, 0.2) is 0 Å². The summed E-state index contributed by atoms with van der Waals surface area (Å²) in [4.78, 5) is 14.4. The van der Waals surface area contributed by atoms with Crippen LogP contribution in [0.15, 0.2) is 24.3 Å². The highest BCUT2D eigenvalue weighted by Crippen LogP contribution is 2.22. The lowest BCUT2D eigenvalue weighted by Crippen LogP contribution is -2.21. The molecule has 4 heteroatoms. The SMILES string of the molecule is CC(CCCN)C(=O)Nc1ccc(N2CCCC2)cc1. The largest absolute Gasteiger partial charge is 0.372 e. The van der Waals surface area contributed by atoms with Gasteiger partial charge in [-0.3, -0.25) is 4.79 Å². The van der Waals surface area contributed by atoms with E-state index in [-0.39, 0.29) is 11.8 Å². The van der Waals surface area contributed by atoms with Crippen molar-refractivity contribution in [2.24, 2.45) is 11.7 Å². The molecule has 0 saturated carbocycles. The molecule has 0 bridgehead atoms. The molecule has 1 saturated heterocycles. The summed E-state index contributed by atoms with van der Waals surface area (Å²) >= 11 is 0. The zero-order valence-electron chi connectivity index (χ0n) is 12.3. The van der Waals surface area contributed by atoms with E-state index in [1.165, 1.54) is 18.5 Å². The van der Waals surface area contributed by atoms with Gasteiger partial charge in [0.25, 0.3) is 0 Å². The molecule has 0 aliphatic carbocycles. The summed E-state index contributed by atoms with van der Waals surface area (Å²) in [6.07, 6.45) is 4.28. The average molecular weight is 275 g/mol. The number of carbonyl (C=O) groups is 1. The Hall–Kier alpha value is -1.55. The first kappa shape index (κ1) is 14.9. The fourth-order valence-electron chi connectivity index (χ4n) is 2.55. The fraction of sp³-hybridized carbons (Fsp3) is 0.562. The van der Waals surface area contributed by atoms with Crippen molar-refractivity contribution in [2.45, 2.75) is 32.6 Å². The monoisotopic (exact) mass is 275 g/mol. The number of amides is 1. The number of nitrogens with two attached hydrogens (primary N) is 1. The summed E-state index contributed by atoms with van der Waals surface area (Å²) in [6.45, 7) is 4.87. The van der Waals surface area contributed by atoms with E-state index in [2.05, 4.69) is 22.3 Å². The molecule has 2 rings (SSSR count). The Morgan fingerprint density at radius 1 is 1.30 bits per heavy atom. The van der Waals surface area contributed by atoms with Crippen molar-refractivity contribution in [3.63, 3.8) is 0 Å². The van der Waals surface area contributed by atoms with E-state index in [1.807, 2.05) is 19.1 Å². The van der Waals surface area contributed by atoms with Gasteiger partial charge >= 0.3 is 0 Å². The summed E-state index contributed by atoms with van der Waals surface area (Å²) in [5, 5.41) is 2.97. The molecule has 1 aliphatic rings. The van der Waals surface area contributed by atoms with Crippen LogP contribution >= 0.6 is 0 Å². The molecule has 110 valence electrons. The van der Waals surface area contributed by atoms with Gasteiger partial charge < -0.3 is 16.0 Å². The summed E-state index contributed by atoms with van der Waals surface area (Å²) < 4.78 is 0. The van der Waals surface area contributed by atoms with E-state index in [9.17, 15) is 4.79 Å². The Morgan fingerprint density at radius 2 is 1.95 bits per heavy atom. The van der Waals surface area contributed by atoms with E-state index < -0.39 is 0 Å². The molecule has 1 aliphatic heterocycles. The van der Waals surface area contributed by atoms with Crippen molar-refractivity contribution in [1.29, 1.82) is 0 Å². The van der Waals surface area contributed by atoms with E-state index >= 15 is 0 Å². The number of nitrogens with one attached hydrogen (secondary N) is 1. The van der Waals surface area contributed by atoms with Gasteiger partial charge in [-0.2, -0.15) is 0 Å². The van der Waals surface area contributed by atoms with Crippen LogP contribution in [-0.4, -0.2) is 25.5 Å². The zero-order chi connectivity index (χ0) is 14.4. The number of anilines is 2. The van der Waals surface area contributed by atoms with Gasteiger partial charge in [0.05, 0.1) is 0 Å². The molecular formula is C16H25N3O. The van der Waals surface area contributed by atoms with E-state index in [4.69, 9.17) is 5.73 Å². The molecule has 4 nitrogen and oxygen atoms in total. The Labute approximate surface area is 121 Å². The standard InChI is InChI=1S/C16H25N3O/c1-13(5-4-10-17)16(20)18-14-6-8-15(9-7-14)19-11-2-3-12-19/h6-9,13H,2-5,10-12,17H2,1H3,(H,18,20). The summed E-state index contributed by atoms with van der Waals surface area (Å²) in [7, 11) is 0. The first-order valence-electron chi connectivity index (χ1n) is 7.56. The van der Waals surface area contributed by atoms with E-state index in [1.54, 1.807) is 0 Å². The summed E-state index contributed by atoms with van der Waals surface area (Å²) in [6, 6.07) is 8.15. The van der Waals surface area contributed by atoms with Gasteiger partial charge in [-0.1, -0.05) is 6.92 Å². The Kier molecular flexibility index (Phi) is 5.41. The molecule has 20 heavy (non-hydrogen) atoms. The van der Waals surface area contributed by atoms with Crippen molar-refractivity contribution in [3.05, 3.63) is 24.3 Å². The molecule has 0 radical (unpaired) electrons. The van der Waals surface area contributed by atoms with Crippen molar-refractivity contribution in [2.75, 3.05) is 29.9 Å². The van der Waals surface area contributed by atoms with Crippen LogP contribution in [-0.2, 0) is 4.79 Å². The number of hydrogen-bond donors (Lipinski definition) is 2. The molecule has 1 fully saturated rings. The minimum absolute atomic E-state index is 0.0109. The van der Waals surface area contributed by atoms with Crippen molar-refractivity contribution >= 4 is 17.3 Å². The third-order valence-corrected chi connectivity index (χ3v) is 3.89. The van der Waals surface area contributed by atoms with Gasteiger partial charge in [-0.05, 0) is 56.5 Å². The first-order valence-corrected chi connectivity index (χ1v) is 7.56. The van der Waals surface area contributed by atoms with Crippen LogP contribution in [0.3, 0.4) is 0 Å². The summed E-state index contributed by atoms with van der Waals surface area (Å²) in [5.41, 5.74) is 7.59. The van der Waals surface area contributed by atoms with Crippen molar-refractivity contribution in [3.8, 4) is 0 Å². The lowest BCUT2D eigenvalue weighted by atomic mass is 10.0. The third-order valence-electron chi connectivity index (χ3n) is 3.89. The second-order valence-corrected chi connectivity index (χ2v) is 5.56. The lowest BCUT2D eigenvalue weighted by molar-refractivity contribution is -0.119. The van der Waals surface area contributed by atoms with Gasteiger partial charge in [0.2, 0.25) is 5.91 Å². The quantitative estimate of drug-likeness (QED) is 0.839. The molecule has 0 aromatic heterocycles. The second-order valence-electron chi connectivity index (χ2n) is 5.56. The average Bonchev–Trinajstić information content (AvgIpc) is 2.99. The first-order chi connectivity index (χ1) is 9.70. The maximum atomic E-state index is 12.0. The van der Waals surface area contributed by atoms with Crippen LogP contribution in [0.2, 0.25) is 0 Å². The van der Waals surface area contributed by atoms with E-state index in [0.717, 1.165) is 31.6 Å². The molecule has 1 unspecified atom stereocenters. The summed E-state index contributed by atoms with van der Waals surface area (Å²) in [5.74, 6) is 0.0872. The van der Waals surface area contributed by atoms with Gasteiger partial charge in [-0.15, -0.1) is 0 Å². The molecule has 3 N–H and O–H groups in total. The third kappa shape index (κ3) is 3.97. The maximum Gasteiger partial charge on any atom is 0.227 e. The number of nitrogens with zero attached hydrogens (tertiary/aromatic N) is 1. The maximum absolute atomic E-state index is 12.0. The van der Waals surface area contributed by atoms with Gasteiger partial charge in [0, 0.05) is 30.4 Å². The number of carbonyl (C=O) groups excluding carboxylic acids is 1. The van der Waals surface area contributed by atoms with Gasteiger partial charge in [0.1, 0.15) is 0 Å². The smallest absolute Gasteiger partial charge is 0.227 e. The number of rotatable bonds is 6. The van der Waals surface area contributed by atoms with Crippen molar-refractivity contribution in [1.82, 2.24) is 0 Å².